The number of hydrogen-bond donors (Lipinski definition) is 1. The molecule has 4 rings (SSSR count). The third-order valence-electron chi connectivity index (χ3n) is 5.90. The summed E-state index contributed by atoms with van der Waals surface area (Å²) in [7, 11) is 1.58. The van der Waals surface area contributed by atoms with Crippen molar-refractivity contribution in [3.05, 3.63) is 107 Å². The lowest BCUT2D eigenvalue weighted by molar-refractivity contribution is -0.112. The Kier molecular flexibility index (Phi) is 7.13. The van der Waals surface area contributed by atoms with Crippen LogP contribution in [-0.2, 0) is 11.4 Å². The molecule has 5 nitrogen and oxygen atoms in total. The summed E-state index contributed by atoms with van der Waals surface area (Å²) in [6.45, 7) is 4.52. The maximum atomic E-state index is 12.9. The van der Waals surface area contributed by atoms with Crippen molar-refractivity contribution in [2.75, 3.05) is 12.4 Å². The first-order valence-electron chi connectivity index (χ1n) is 11.3. The van der Waals surface area contributed by atoms with Crippen molar-refractivity contribution >= 4 is 28.4 Å². The Bertz CT molecular complexity index is 1450. The summed E-state index contributed by atoms with van der Waals surface area (Å²) >= 11 is 0. The van der Waals surface area contributed by atoms with Crippen molar-refractivity contribution in [2.45, 2.75) is 20.5 Å². The highest BCUT2D eigenvalue weighted by Gasteiger charge is 2.14. The van der Waals surface area contributed by atoms with Crippen molar-refractivity contribution < 1.29 is 14.3 Å². The average Bonchev–Trinajstić information content (AvgIpc) is 2.88. The minimum absolute atomic E-state index is 0.0202. The Morgan fingerprint density at radius 3 is 2.46 bits per heavy atom. The van der Waals surface area contributed by atoms with Gasteiger partial charge in [-0.25, -0.2) is 0 Å². The van der Waals surface area contributed by atoms with Crippen molar-refractivity contribution in [3.63, 3.8) is 0 Å². The minimum atomic E-state index is -0.495. The van der Waals surface area contributed by atoms with E-state index < -0.39 is 5.91 Å². The average molecular weight is 463 g/mol. The predicted molar refractivity (Wildman–Crippen MR) is 139 cm³/mol. The Hall–Kier alpha value is -4.56. The molecule has 0 aliphatic rings. The number of nitrogens with zero attached hydrogens (tertiary/aromatic N) is 1. The molecule has 0 aliphatic heterocycles. The summed E-state index contributed by atoms with van der Waals surface area (Å²) in [5, 5.41) is 14.5. The number of benzene rings is 4. The van der Waals surface area contributed by atoms with Gasteiger partial charge in [0.2, 0.25) is 0 Å². The number of anilines is 1. The minimum Gasteiger partial charge on any atom is -0.497 e. The Morgan fingerprint density at radius 1 is 0.971 bits per heavy atom. The van der Waals surface area contributed by atoms with E-state index in [1.807, 2.05) is 48.5 Å². The van der Waals surface area contributed by atoms with Crippen molar-refractivity contribution in [1.29, 1.82) is 5.26 Å². The summed E-state index contributed by atoms with van der Waals surface area (Å²) in [4.78, 5) is 12.9. The molecule has 0 unspecified atom stereocenters. The van der Waals surface area contributed by atoms with Gasteiger partial charge in [-0.2, -0.15) is 5.26 Å². The monoisotopic (exact) mass is 462 g/mol. The molecule has 0 saturated carbocycles. The molecule has 1 amide bonds. The largest absolute Gasteiger partial charge is 0.497 e. The first kappa shape index (κ1) is 23.6. The maximum absolute atomic E-state index is 12.9. The number of nitriles is 1. The van der Waals surface area contributed by atoms with Crippen molar-refractivity contribution in [1.82, 2.24) is 0 Å². The number of carbonyl (C=O) groups is 1. The quantitative estimate of drug-likeness (QED) is 0.248. The van der Waals surface area contributed by atoms with E-state index in [-0.39, 0.29) is 5.57 Å². The van der Waals surface area contributed by atoms with Crippen LogP contribution in [0, 0.1) is 25.2 Å². The van der Waals surface area contributed by atoms with Crippen molar-refractivity contribution in [3.8, 4) is 17.6 Å². The van der Waals surface area contributed by atoms with E-state index in [9.17, 15) is 10.1 Å². The molecule has 0 aromatic heterocycles. The van der Waals surface area contributed by atoms with Crippen LogP contribution in [0.3, 0.4) is 0 Å². The summed E-state index contributed by atoms with van der Waals surface area (Å²) in [6, 6.07) is 26.9. The zero-order chi connectivity index (χ0) is 24.8. The molecular weight excluding hydrogens is 436 g/mol. The molecule has 0 fully saturated rings. The lowest BCUT2D eigenvalue weighted by Gasteiger charge is -2.13. The highest BCUT2D eigenvalue weighted by Crippen LogP contribution is 2.31. The number of ether oxygens (including phenoxy) is 2. The number of nitrogens with one attached hydrogen (secondary N) is 1. The van der Waals surface area contributed by atoms with E-state index in [4.69, 9.17) is 9.47 Å². The SMILES string of the molecule is COc1ccc(NC(=O)/C(C#N)=C/c2c(OCc3ccc(C)c(C)c3)ccc3ccccc23)cc1. The zero-order valence-corrected chi connectivity index (χ0v) is 20.0. The number of rotatable bonds is 7. The Balaban J connectivity index is 1.67. The molecule has 4 aromatic rings. The van der Waals surface area contributed by atoms with Gasteiger partial charge in [0.25, 0.3) is 5.91 Å². The number of methoxy groups -OCH3 is 1. The van der Waals surface area contributed by atoms with Gasteiger partial charge in [0.05, 0.1) is 7.11 Å². The molecule has 174 valence electrons. The highest BCUT2D eigenvalue weighted by molar-refractivity contribution is 6.11. The fraction of sp³-hybridized carbons (Fsp3) is 0.133. The molecule has 0 aliphatic carbocycles. The van der Waals surface area contributed by atoms with Crippen LogP contribution in [0.4, 0.5) is 5.69 Å². The molecule has 0 radical (unpaired) electrons. The third kappa shape index (κ3) is 5.51. The summed E-state index contributed by atoms with van der Waals surface area (Å²) in [5.41, 5.74) is 4.72. The van der Waals surface area contributed by atoms with E-state index in [1.54, 1.807) is 37.5 Å². The van der Waals surface area contributed by atoms with Crippen LogP contribution in [0.1, 0.15) is 22.3 Å². The number of fused-ring (bicyclic) bond motifs is 1. The van der Waals surface area contributed by atoms with Gasteiger partial charge < -0.3 is 14.8 Å². The summed E-state index contributed by atoms with van der Waals surface area (Å²) in [5.74, 6) is 0.790. The molecule has 0 saturated heterocycles. The van der Waals surface area contributed by atoms with Gasteiger partial charge in [-0.3, -0.25) is 4.79 Å². The number of amides is 1. The Labute approximate surface area is 205 Å². The highest BCUT2D eigenvalue weighted by atomic mass is 16.5. The molecule has 5 heteroatoms. The molecule has 0 bridgehead atoms. The molecule has 0 spiro atoms. The van der Waals surface area contributed by atoms with Crippen LogP contribution in [-0.4, -0.2) is 13.0 Å². The number of aryl methyl sites for hydroxylation is 2. The lowest BCUT2D eigenvalue weighted by Crippen LogP contribution is -2.13. The van der Waals surface area contributed by atoms with Crippen LogP contribution in [0.15, 0.2) is 84.4 Å². The third-order valence-corrected chi connectivity index (χ3v) is 5.90. The van der Waals surface area contributed by atoms with E-state index >= 15 is 0 Å². The van der Waals surface area contributed by atoms with E-state index in [0.717, 1.165) is 16.3 Å². The van der Waals surface area contributed by atoms with Crippen molar-refractivity contribution in [2.24, 2.45) is 0 Å². The molecular formula is C30H26N2O3. The molecule has 0 atom stereocenters. The summed E-state index contributed by atoms with van der Waals surface area (Å²) in [6.07, 6.45) is 1.59. The van der Waals surface area contributed by atoms with Crippen LogP contribution < -0.4 is 14.8 Å². The smallest absolute Gasteiger partial charge is 0.266 e. The summed E-state index contributed by atoms with van der Waals surface area (Å²) < 4.78 is 11.3. The van der Waals surface area contributed by atoms with Crippen LogP contribution in [0.5, 0.6) is 11.5 Å². The van der Waals surface area contributed by atoms with E-state index in [2.05, 4.69) is 31.3 Å². The molecule has 4 aromatic carbocycles. The van der Waals surface area contributed by atoms with Gasteiger partial charge in [0.1, 0.15) is 29.7 Å². The number of hydrogen-bond acceptors (Lipinski definition) is 4. The van der Waals surface area contributed by atoms with Gasteiger partial charge >= 0.3 is 0 Å². The first-order valence-corrected chi connectivity index (χ1v) is 11.3. The molecule has 35 heavy (non-hydrogen) atoms. The van der Waals surface area contributed by atoms with Gasteiger partial charge in [-0.1, -0.05) is 48.5 Å². The molecule has 1 N–H and O–H groups in total. The standard InChI is InChI=1S/C30H26N2O3/c1-20-8-9-22(16-21(20)2)19-35-29-15-10-23-6-4-5-7-27(23)28(29)17-24(18-31)30(33)32-25-11-13-26(34-3)14-12-25/h4-17H,19H2,1-3H3,(H,32,33)/b24-17+. The lowest BCUT2D eigenvalue weighted by atomic mass is 10.0. The van der Waals surface area contributed by atoms with E-state index in [1.165, 1.54) is 11.1 Å². The Morgan fingerprint density at radius 2 is 1.74 bits per heavy atom. The van der Waals surface area contributed by atoms with Crippen LogP contribution >= 0.6 is 0 Å². The van der Waals surface area contributed by atoms with E-state index in [0.29, 0.717) is 29.4 Å². The second-order valence-electron chi connectivity index (χ2n) is 8.26. The van der Waals surface area contributed by atoms with Gasteiger partial charge in [0.15, 0.2) is 0 Å². The predicted octanol–water partition coefficient (Wildman–Crippen LogP) is 6.59. The van der Waals surface area contributed by atoms with Gasteiger partial charge in [-0.15, -0.1) is 0 Å². The zero-order valence-electron chi connectivity index (χ0n) is 20.0. The normalized spacial score (nSPS) is 11.1. The second kappa shape index (κ2) is 10.6. The fourth-order valence-electron chi connectivity index (χ4n) is 3.77. The van der Waals surface area contributed by atoms with Crippen LogP contribution in [0.2, 0.25) is 0 Å². The van der Waals surface area contributed by atoms with Gasteiger partial charge in [0, 0.05) is 11.3 Å². The first-order chi connectivity index (χ1) is 17.0. The number of carbonyl (C=O) groups excluding carboxylic acids is 1. The second-order valence-corrected chi connectivity index (χ2v) is 8.26. The maximum Gasteiger partial charge on any atom is 0.266 e. The fourth-order valence-corrected chi connectivity index (χ4v) is 3.77. The molecule has 0 heterocycles. The van der Waals surface area contributed by atoms with Gasteiger partial charge in [-0.05, 0) is 77.7 Å². The topological polar surface area (TPSA) is 71.3 Å². The van der Waals surface area contributed by atoms with Crippen LogP contribution in [0.25, 0.3) is 16.8 Å².